The number of nitrogens with one attached hydrogen (secondary N) is 1. The van der Waals surface area contributed by atoms with Crippen LogP contribution in [0, 0.1) is 6.92 Å². The SMILES string of the molecule is Cc1cccc(-c2n[nH]nc2-c2ccnc(-c3ccc(Cl)cc3)c2)n1. The summed E-state index contributed by atoms with van der Waals surface area (Å²) >= 11 is 5.96. The van der Waals surface area contributed by atoms with Crippen LogP contribution >= 0.6 is 11.6 Å². The highest BCUT2D eigenvalue weighted by molar-refractivity contribution is 6.30. The average molecular weight is 348 g/mol. The van der Waals surface area contributed by atoms with Gasteiger partial charge >= 0.3 is 0 Å². The number of nitrogens with zero attached hydrogens (tertiary/aromatic N) is 4. The van der Waals surface area contributed by atoms with Gasteiger partial charge in [0.05, 0.1) is 11.4 Å². The van der Waals surface area contributed by atoms with Crippen molar-refractivity contribution in [1.82, 2.24) is 25.4 Å². The van der Waals surface area contributed by atoms with Gasteiger partial charge in [0.25, 0.3) is 0 Å². The molecular weight excluding hydrogens is 334 g/mol. The number of hydrogen-bond acceptors (Lipinski definition) is 4. The number of H-pyrrole nitrogens is 1. The Bertz CT molecular complexity index is 1020. The molecule has 1 N–H and O–H groups in total. The van der Waals surface area contributed by atoms with Crippen molar-refractivity contribution in [2.24, 2.45) is 0 Å². The van der Waals surface area contributed by atoms with Crippen LogP contribution in [0.5, 0.6) is 0 Å². The molecule has 4 rings (SSSR count). The zero-order valence-corrected chi connectivity index (χ0v) is 14.2. The van der Waals surface area contributed by atoms with Crippen molar-refractivity contribution in [2.45, 2.75) is 6.92 Å². The summed E-state index contributed by atoms with van der Waals surface area (Å²) in [6.07, 6.45) is 1.77. The monoisotopic (exact) mass is 347 g/mol. The normalized spacial score (nSPS) is 10.8. The van der Waals surface area contributed by atoms with Gasteiger partial charge in [-0.25, -0.2) is 0 Å². The Labute approximate surface area is 149 Å². The van der Waals surface area contributed by atoms with Crippen LogP contribution in [0.25, 0.3) is 33.9 Å². The second kappa shape index (κ2) is 6.45. The van der Waals surface area contributed by atoms with Gasteiger partial charge in [-0.05, 0) is 43.3 Å². The second-order valence-electron chi connectivity index (χ2n) is 5.62. The maximum atomic E-state index is 5.96. The quantitative estimate of drug-likeness (QED) is 0.590. The van der Waals surface area contributed by atoms with Gasteiger partial charge in [-0.2, -0.15) is 15.4 Å². The number of aromatic amines is 1. The minimum Gasteiger partial charge on any atom is -0.256 e. The molecule has 1 aromatic carbocycles. The molecular formula is C19H14ClN5. The number of rotatable bonds is 3. The van der Waals surface area contributed by atoms with Crippen LogP contribution in [-0.2, 0) is 0 Å². The molecule has 0 saturated heterocycles. The Kier molecular flexibility index (Phi) is 3.99. The summed E-state index contributed by atoms with van der Waals surface area (Å²) in [5.74, 6) is 0. The highest BCUT2D eigenvalue weighted by Crippen LogP contribution is 2.29. The van der Waals surface area contributed by atoms with E-state index in [0.29, 0.717) is 5.02 Å². The number of benzene rings is 1. The van der Waals surface area contributed by atoms with E-state index in [4.69, 9.17) is 11.6 Å². The molecule has 0 aliphatic heterocycles. The predicted octanol–water partition coefficient (Wildman–Crippen LogP) is 4.56. The predicted molar refractivity (Wildman–Crippen MR) is 98.0 cm³/mol. The van der Waals surface area contributed by atoms with Gasteiger partial charge in [0, 0.05) is 28.0 Å². The summed E-state index contributed by atoms with van der Waals surface area (Å²) in [6.45, 7) is 1.95. The fraction of sp³-hybridized carbons (Fsp3) is 0.0526. The van der Waals surface area contributed by atoms with E-state index in [-0.39, 0.29) is 0 Å². The van der Waals surface area contributed by atoms with E-state index >= 15 is 0 Å². The van der Waals surface area contributed by atoms with E-state index < -0.39 is 0 Å². The Morgan fingerprint density at radius 1 is 0.840 bits per heavy atom. The average Bonchev–Trinajstić information content (AvgIpc) is 3.12. The number of aryl methyl sites for hydroxylation is 1. The van der Waals surface area contributed by atoms with Crippen LogP contribution in [0.15, 0.2) is 60.8 Å². The Morgan fingerprint density at radius 3 is 2.44 bits per heavy atom. The maximum Gasteiger partial charge on any atom is 0.139 e. The molecule has 0 amide bonds. The van der Waals surface area contributed by atoms with Crippen molar-refractivity contribution in [2.75, 3.05) is 0 Å². The Morgan fingerprint density at radius 2 is 1.64 bits per heavy atom. The van der Waals surface area contributed by atoms with Crippen molar-refractivity contribution in [3.05, 3.63) is 71.5 Å². The second-order valence-corrected chi connectivity index (χ2v) is 6.06. The third-order valence-corrected chi connectivity index (χ3v) is 4.10. The zero-order valence-electron chi connectivity index (χ0n) is 13.4. The Hall–Kier alpha value is -3.05. The van der Waals surface area contributed by atoms with Gasteiger partial charge in [0.15, 0.2) is 0 Å². The van der Waals surface area contributed by atoms with E-state index in [2.05, 4.69) is 25.4 Å². The van der Waals surface area contributed by atoms with E-state index in [9.17, 15) is 0 Å². The van der Waals surface area contributed by atoms with Crippen LogP contribution in [0.2, 0.25) is 5.02 Å². The smallest absolute Gasteiger partial charge is 0.139 e. The molecule has 6 heteroatoms. The molecule has 5 nitrogen and oxygen atoms in total. The number of pyridine rings is 2. The van der Waals surface area contributed by atoms with Crippen molar-refractivity contribution in [3.63, 3.8) is 0 Å². The van der Waals surface area contributed by atoms with E-state index in [1.54, 1.807) is 6.20 Å². The Balaban J connectivity index is 1.78. The first-order valence-electron chi connectivity index (χ1n) is 7.78. The van der Waals surface area contributed by atoms with Gasteiger partial charge in [-0.3, -0.25) is 9.97 Å². The van der Waals surface area contributed by atoms with Gasteiger partial charge in [-0.1, -0.05) is 29.8 Å². The summed E-state index contributed by atoms with van der Waals surface area (Å²) in [4.78, 5) is 8.99. The summed E-state index contributed by atoms with van der Waals surface area (Å²) in [7, 11) is 0. The highest BCUT2D eigenvalue weighted by Gasteiger charge is 2.14. The van der Waals surface area contributed by atoms with Crippen LogP contribution in [0.4, 0.5) is 0 Å². The van der Waals surface area contributed by atoms with Crippen LogP contribution in [0.1, 0.15) is 5.69 Å². The minimum absolute atomic E-state index is 0.698. The lowest BCUT2D eigenvalue weighted by Crippen LogP contribution is -1.90. The molecule has 4 aromatic rings. The molecule has 0 unspecified atom stereocenters. The third-order valence-electron chi connectivity index (χ3n) is 3.85. The lowest BCUT2D eigenvalue weighted by molar-refractivity contribution is 0.942. The van der Waals surface area contributed by atoms with Gasteiger partial charge in [0.2, 0.25) is 0 Å². The molecule has 0 radical (unpaired) electrons. The van der Waals surface area contributed by atoms with Crippen molar-refractivity contribution < 1.29 is 0 Å². The largest absolute Gasteiger partial charge is 0.256 e. The van der Waals surface area contributed by atoms with Crippen LogP contribution in [0.3, 0.4) is 0 Å². The number of halogens is 1. The van der Waals surface area contributed by atoms with Crippen LogP contribution < -0.4 is 0 Å². The lowest BCUT2D eigenvalue weighted by Gasteiger charge is -2.05. The molecule has 122 valence electrons. The molecule has 0 fully saturated rings. The van der Waals surface area contributed by atoms with Crippen molar-refractivity contribution in [1.29, 1.82) is 0 Å². The molecule has 3 aromatic heterocycles. The first-order valence-corrected chi connectivity index (χ1v) is 8.16. The van der Waals surface area contributed by atoms with Gasteiger partial charge < -0.3 is 0 Å². The molecule has 0 spiro atoms. The summed E-state index contributed by atoms with van der Waals surface area (Å²) in [6, 6.07) is 17.3. The first kappa shape index (κ1) is 15.5. The maximum absolute atomic E-state index is 5.96. The van der Waals surface area contributed by atoms with E-state index in [1.807, 2.05) is 61.5 Å². The van der Waals surface area contributed by atoms with Crippen LogP contribution in [-0.4, -0.2) is 25.4 Å². The van der Waals surface area contributed by atoms with Gasteiger partial charge in [0.1, 0.15) is 11.4 Å². The molecule has 25 heavy (non-hydrogen) atoms. The summed E-state index contributed by atoms with van der Waals surface area (Å²) in [5.41, 5.74) is 5.95. The van der Waals surface area contributed by atoms with E-state index in [0.717, 1.165) is 39.6 Å². The topological polar surface area (TPSA) is 67.3 Å². The third kappa shape index (κ3) is 3.14. The van der Waals surface area contributed by atoms with Gasteiger partial charge in [-0.15, -0.1) is 0 Å². The lowest BCUT2D eigenvalue weighted by atomic mass is 10.1. The molecule has 0 atom stereocenters. The standard InChI is InChI=1S/C19H14ClN5/c1-12-3-2-4-16(22-12)19-18(23-25-24-19)14-9-10-21-17(11-14)13-5-7-15(20)8-6-13/h2-11H,1H3,(H,23,24,25). The first-order chi connectivity index (χ1) is 12.2. The minimum atomic E-state index is 0.698. The number of hydrogen-bond donors (Lipinski definition) is 1. The molecule has 0 bridgehead atoms. The summed E-state index contributed by atoms with van der Waals surface area (Å²) in [5, 5.41) is 12.0. The van der Waals surface area contributed by atoms with E-state index in [1.165, 1.54) is 0 Å². The van der Waals surface area contributed by atoms with Crippen molar-refractivity contribution >= 4 is 11.6 Å². The fourth-order valence-corrected chi connectivity index (χ4v) is 2.77. The highest BCUT2D eigenvalue weighted by atomic mass is 35.5. The molecule has 3 heterocycles. The fourth-order valence-electron chi connectivity index (χ4n) is 2.64. The zero-order chi connectivity index (χ0) is 17.2. The molecule has 0 saturated carbocycles. The number of aromatic nitrogens is 5. The summed E-state index contributed by atoms with van der Waals surface area (Å²) < 4.78 is 0. The van der Waals surface area contributed by atoms with Crippen molar-refractivity contribution in [3.8, 4) is 33.9 Å². The molecule has 0 aliphatic rings. The molecule has 0 aliphatic carbocycles.